The molecule has 0 aliphatic carbocycles. The number of allylic oxidation sites excluding steroid dienone is 22. The van der Waals surface area contributed by atoms with E-state index in [1.54, 1.807) is 0 Å². The van der Waals surface area contributed by atoms with Crippen molar-refractivity contribution in [2.24, 2.45) is 0 Å². The molecule has 0 aromatic rings. The summed E-state index contributed by atoms with van der Waals surface area (Å²) in [7, 11) is -9.98. The summed E-state index contributed by atoms with van der Waals surface area (Å²) < 4.78 is 68.6. The lowest BCUT2D eigenvalue weighted by molar-refractivity contribution is -0.161. The molecule has 0 rings (SSSR count). The van der Waals surface area contributed by atoms with Crippen molar-refractivity contribution in [2.45, 2.75) is 341 Å². The Labute approximate surface area is 631 Å². The average molecular weight is 1500 g/mol. The molecule has 104 heavy (non-hydrogen) atoms. The van der Waals surface area contributed by atoms with Gasteiger partial charge < -0.3 is 33.8 Å². The molecular formula is C85H144O17P2. The summed E-state index contributed by atoms with van der Waals surface area (Å²) in [6.07, 6.45) is 85.7. The lowest BCUT2D eigenvalue weighted by Crippen LogP contribution is -2.30. The number of esters is 4. The SMILES string of the molecule is CC/C=C\C/C=C\C/C=C\C/C=C\C/C=C\CCCCCC(=O)OCC(COP(=O)(O)OCC(O)COP(=O)(O)OCC(COC(=O)CCCCCC/C=C\C/C=C\C/C=C\C/C=C\CC)OC(=O)CCCCCCC/C=C\C/C=C\CCC)OC(=O)CCCCCCCCCCCCCCCCC. The summed E-state index contributed by atoms with van der Waals surface area (Å²) in [5.41, 5.74) is 0. The number of phosphoric acid groups is 2. The fourth-order valence-corrected chi connectivity index (χ4v) is 12.1. The number of carbonyl (C=O) groups is 4. The van der Waals surface area contributed by atoms with Crippen LogP contribution in [0.4, 0.5) is 0 Å². The Morgan fingerprint density at radius 3 is 0.817 bits per heavy atom. The first-order valence-corrected chi connectivity index (χ1v) is 43.4. The van der Waals surface area contributed by atoms with Crippen LogP contribution in [0.2, 0.25) is 0 Å². The zero-order chi connectivity index (χ0) is 76.0. The molecule has 0 aromatic heterocycles. The molecule has 0 saturated heterocycles. The molecule has 19 heteroatoms. The number of ether oxygens (including phenoxy) is 4. The van der Waals surface area contributed by atoms with Crippen LogP contribution in [-0.2, 0) is 65.4 Å². The van der Waals surface area contributed by atoms with Crippen LogP contribution < -0.4 is 0 Å². The summed E-state index contributed by atoms with van der Waals surface area (Å²) in [6.45, 7) is 4.53. The van der Waals surface area contributed by atoms with Crippen molar-refractivity contribution in [3.63, 3.8) is 0 Å². The Morgan fingerprint density at radius 1 is 0.279 bits per heavy atom. The topological polar surface area (TPSA) is 237 Å². The average Bonchev–Trinajstić information content (AvgIpc) is 0.911. The number of rotatable bonds is 75. The molecule has 5 atom stereocenters. The molecule has 0 saturated carbocycles. The second-order valence-corrected chi connectivity index (χ2v) is 29.5. The summed E-state index contributed by atoms with van der Waals surface area (Å²) in [4.78, 5) is 73.0. The van der Waals surface area contributed by atoms with Crippen molar-refractivity contribution in [3.8, 4) is 0 Å². The molecular weight excluding hydrogens is 1350 g/mol. The van der Waals surface area contributed by atoms with Crippen LogP contribution >= 0.6 is 15.6 Å². The Kier molecular flexibility index (Phi) is 72.9. The maximum atomic E-state index is 13.1. The third-order valence-corrected chi connectivity index (χ3v) is 18.5. The summed E-state index contributed by atoms with van der Waals surface area (Å²) >= 11 is 0. The van der Waals surface area contributed by atoms with Crippen molar-refractivity contribution >= 4 is 39.5 Å². The number of carbonyl (C=O) groups excluding carboxylic acids is 4. The second-order valence-electron chi connectivity index (χ2n) is 26.6. The first-order valence-electron chi connectivity index (χ1n) is 40.4. The van der Waals surface area contributed by atoms with Gasteiger partial charge in [0.1, 0.15) is 19.3 Å². The lowest BCUT2D eigenvalue weighted by atomic mass is 10.0. The van der Waals surface area contributed by atoms with Crippen LogP contribution in [0, 0.1) is 0 Å². The van der Waals surface area contributed by atoms with Crippen LogP contribution in [0.1, 0.15) is 323 Å². The standard InChI is InChI=1S/C85H144O17P2/c1-5-9-13-17-21-25-29-33-36-38-39-41-44-47-50-54-58-62-66-70-83(88)96-76-81(102-85(90)72-68-64-60-56-52-48-42-35-31-27-23-19-15-11-7-3)78-100-104(93,94)98-74-79(86)73-97-103(91,92)99-77-80(101-84(89)71-67-63-59-55-51-45-32-28-24-20-16-12-8-4)75-95-82(87)69-65-61-57-53-49-46-43-40-37-34-30-26-22-18-14-10-6-2/h9-10,13-14,16,20-22,25-26,28,32-34,36-37,39,41,43,46-47,50,79-81,86H,5-8,11-12,15,17-19,23-24,27,29-31,35,38,40,42,44-45,48-49,51-78H2,1-4H3,(H,91,92)(H,93,94)/b13-9-,14-10-,20-16-,25-21-,26-22-,32-28-,36-33-,37-34-,41-39-,46-43-,50-47-. The van der Waals surface area contributed by atoms with Crippen molar-refractivity contribution in [1.29, 1.82) is 0 Å². The highest BCUT2D eigenvalue weighted by Crippen LogP contribution is 2.45. The van der Waals surface area contributed by atoms with Crippen LogP contribution in [0.15, 0.2) is 134 Å². The Balaban J connectivity index is 5.40. The fraction of sp³-hybridized carbons (Fsp3) is 0.694. The van der Waals surface area contributed by atoms with Gasteiger partial charge in [-0.2, -0.15) is 0 Å². The lowest BCUT2D eigenvalue weighted by Gasteiger charge is -2.21. The van der Waals surface area contributed by atoms with Crippen LogP contribution in [0.5, 0.6) is 0 Å². The third-order valence-electron chi connectivity index (χ3n) is 16.6. The molecule has 0 aliphatic rings. The van der Waals surface area contributed by atoms with Crippen LogP contribution in [-0.4, -0.2) is 96.7 Å². The predicted molar refractivity (Wildman–Crippen MR) is 427 cm³/mol. The molecule has 3 N–H and O–H groups in total. The van der Waals surface area contributed by atoms with E-state index in [0.717, 1.165) is 180 Å². The zero-order valence-corrected chi connectivity index (χ0v) is 66.9. The van der Waals surface area contributed by atoms with E-state index in [-0.39, 0.29) is 25.7 Å². The number of aliphatic hydroxyl groups excluding tert-OH is 1. The van der Waals surface area contributed by atoms with Gasteiger partial charge >= 0.3 is 39.5 Å². The highest BCUT2D eigenvalue weighted by molar-refractivity contribution is 7.47. The van der Waals surface area contributed by atoms with Gasteiger partial charge in [-0.1, -0.05) is 296 Å². The summed E-state index contributed by atoms with van der Waals surface area (Å²) in [5, 5.41) is 10.6. The minimum Gasteiger partial charge on any atom is -0.462 e. The Morgan fingerprint density at radius 2 is 0.519 bits per heavy atom. The van der Waals surface area contributed by atoms with Gasteiger partial charge in [0, 0.05) is 25.7 Å². The molecule has 17 nitrogen and oxygen atoms in total. The maximum Gasteiger partial charge on any atom is 0.472 e. The normalized spacial score (nSPS) is 14.6. The third kappa shape index (κ3) is 75.4. The van der Waals surface area contributed by atoms with Crippen LogP contribution in [0.25, 0.3) is 0 Å². The first-order chi connectivity index (χ1) is 50.7. The molecule has 596 valence electrons. The van der Waals surface area contributed by atoms with Gasteiger partial charge in [0.2, 0.25) is 0 Å². The number of hydrogen-bond acceptors (Lipinski definition) is 15. The highest BCUT2D eigenvalue weighted by atomic mass is 31.2. The number of hydrogen-bond donors (Lipinski definition) is 3. The van der Waals surface area contributed by atoms with Crippen molar-refractivity contribution in [3.05, 3.63) is 134 Å². The van der Waals surface area contributed by atoms with E-state index in [4.69, 9.17) is 37.0 Å². The van der Waals surface area contributed by atoms with E-state index in [0.29, 0.717) is 25.7 Å². The molecule has 0 heterocycles. The Bertz CT molecular complexity index is 2490. The van der Waals surface area contributed by atoms with E-state index in [9.17, 15) is 43.2 Å². The van der Waals surface area contributed by atoms with E-state index in [1.807, 2.05) is 0 Å². The van der Waals surface area contributed by atoms with E-state index < -0.39 is 97.5 Å². The minimum absolute atomic E-state index is 0.0699. The highest BCUT2D eigenvalue weighted by Gasteiger charge is 2.30. The van der Waals surface area contributed by atoms with Crippen molar-refractivity contribution in [1.82, 2.24) is 0 Å². The maximum absolute atomic E-state index is 13.1. The molecule has 0 fully saturated rings. The summed E-state index contributed by atoms with van der Waals surface area (Å²) in [5.74, 6) is -2.25. The van der Waals surface area contributed by atoms with Gasteiger partial charge in [0.05, 0.1) is 26.4 Å². The van der Waals surface area contributed by atoms with E-state index >= 15 is 0 Å². The molecule has 0 amide bonds. The number of unbranched alkanes of at least 4 members (excludes halogenated alkanes) is 27. The van der Waals surface area contributed by atoms with Crippen LogP contribution in [0.3, 0.4) is 0 Å². The first kappa shape index (κ1) is 99.2. The molecule has 0 spiro atoms. The van der Waals surface area contributed by atoms with Gasteiger partial charge in [-0.25, -0.2) is 9.13 Å². The van der Waals surface area contributed by atoms with E-state index in [1.165, 1.54) is 64.2 Å². The van der Waals surface area contributed by atoms with Crippen molar-refractivity contribution < 1.29 is 80.2 Å². The van der Waals surface area contributed by atoms with Crippen molar-refractivity contribution in [2.75, 3.05) is 39.6 Å². The van der Waals surface area contributed by atoms with Gasteiger partial charge in [0.25, 0.3) is 0 Å². The molecule has 0 aliphatic heterocycles. The molecule has 5 unspecified atom stereocenters. The molecule has 0 aromatic carbocycles. The smallest absolute Gasteiger partial charge is 0.462 e. The second kappa shape index (κ2) is 76.4. The Hall–Kier alpha value is -4.80. The monoisotopic (exact) mass is 1500 g/mol. The number of aliphatic hydroxyl groups is 1. The van der Waals surface area contributed by atoms with Gasteiger partial charge in [-0.05, 0) is 135 Å². The van der Waals surface area contributed by atoms with Gasteiger partial charge in [-0.3, -0.25) is 37.3 Å². The fourth-order valence-electron chi connectivity index (χ4n) is 10.5. The predicted octanol–water partition coefficient (Wildman–Crippen LogP) is 23.7. The minimum atomic E-state index is -4.99. The quantitative estimate of drug-likeness (QED) is 0.0169. The van der Waals surface area contributed by atoms with E-state index in [2.05, 4.69) is 161 Å². The van der Waals surface area contributed by atoms with Gasteiger partial charge in [-0.15, -0.1) is 0 Å². The zero-order valence-electron chi connectivity index (χ0n) is 65.2. The summed E-state index contributed by atoms with van der Waals surface area (Å²) in [6, 6.07) is 0. The molecule has 0 bridgehead atoms. The molecule has 0 radical (unpaired) electrons. The largest absolute Gasteiger partial charge is 0.472 e. The van der Waals surface area contributed by atoms with Gasteiger partial charge in [0.15, 0.2) is 12.2 Å². The number of phosphoric ester groups is 2.